The smallest absolute Gasteiger partial charge is 0.243 e. The zero-order valence-corrected chi connectivity index (χ0v) is 13.2. The SMILES string of the molecule is O=C(CNc1ccc(F)cc1I)Nc1ccccc1Cl. The van der Waals surface area contributed by atoms with E-state index in [2.05, 4.69) is 10.6 Å². The molecule has 20 heavy (non-hydrogen) atoms. The van der Waals surface area contributed by atoms with Crippen molar-refractivity contribution in [3.8, 4) is 0 Å². The highest BCUT2D eigenvalue weighted by molar-refractivity contribution is 14.1. The van der Waals surface area contributed by atoms with Crippen LogP contribution in [0.5, 0.6) is 0 Å². The standard InChI is InChI=1S/C14H11ClFIN2O/c15-10-3-1-2-4-12(10)19-14(20)8-18-13-6-5-9(16)7-11(13)17/h1-7,18H,8H2,(H,19,20). The highest BCUT2D eigenvalue weighted by Crippen LogP contribution is 2.21. The lowest BCUT2D eigenvalue weighted by Crippen LogP contribution is -2.22. The summed E-state index contributed by atoms with van der Waals surface area (Å²) in [4.78, 5) is 11.8. The molecule has 0 spiro atoms. The minimum absolute atomic E-state index is 0.0762. The molecule has 0 aliphatic rings. The van der Waals surface area contributed by atoms with E-state index in [0.717, 1.165) is 0 Å². The molecule has 2 aromatic carbocycles. The molecule has 0 bridgehead atoms. The summed E-state index contributed by atoms with van der Waals surface area (Å²) >= 11 is 7.96. The minimum Gasteiger partial charge on any atom is -0.375 e. The van der Waals surface area contributed by atoms with Crippen molar-refractivity contribution in [2.75, 3.05) is 17.2 Å². The van der Waals surface area contributed by atoms with Gasteiger partial charge in [0.25, 0.3) is 0 Å². The molecule has 0 saturated carbocycles. The minimum atomic E-state index is -0.305. The molecule has 2 rings (SSSR count). The number of halogens is 3. The summed E-state index contributed by atoms with van der Waals surface area (Å²) in [6.45, 7) is 0.0762. The van der Waals surface area contributed by atoms with E-state index in [4.69, 9.17) is 11.6 Å². The molecule has 104 valence electrons. The summed E-state index contributed by atoms with van der Waals surface area (Å²) in [5.41, 5.74) is 1.27. The molecular weight excluding hydrogens is 394 g/mol. The van der Waals surface area contributed by atoms with Gasteiger partial charge < -0.3 is 10.6 Å². The van der Waals surface area contributed by atoms with E-state index in [0.29, 0.717) is 20.0 Å². The van der Waals surface area contributed by atoms with Crippen LogP contribution in [0.1, 0.15) is 0 Å². The molecule has 0 atom stereocenters. The van der Waals surface area contributed by atoms with Gasteiger partial charge in [0.05, 0.1) is 17.3 Å². The van der Waals surface area contributed by atoms with Gasteiger partial charge in [0.1, 0.15) is 5.82 Å². The molecule has 6 heteroatoms. The Balaban J connectivity index is 1.94. The Morgan fingerprint density at radius 3 is 2.65 bits per heavy atom. The molecule has 0 heterocycles. The zero-order chi connectivity index (χ0) is 14.5. The van der Waals surface area contributed by atoms with Crippen molar-refractivity contribution >= 4 is 51.5 Å². The van der Waals surface area contributed by atoms with Crippen LogP contribution >= 0.6 is 34.2 Å². The quantitative estimate of drug-likeness (QED) is 0.752. The summed E-state index contributed by atoms with van der Waals surface area (Å²) in [6.07, 6.45) is 0. The second-order valence-electron chi connectivity index (χ2n) is 4.01. The topological polar surface area (TPSA) is 41.1 Å². The Labute approximate surface area is 134 Å². The largest absolute Gasteiger partial charge is 0.375 e. The van der Waals surface area contributed by atoms with Gasteiger partial charge >= 0.3 is 0 Å². The van der Waals surface area contributed by atoms with Crippen molar-refractivity contribution in [1.82, 2.24) is 0 Å². The number of para-hydroxylation sites is 1. The van der Waals surface area contributed by atoms with Gasteiger partial charge in [-0.15, -0.1) is 0 Å². The molecule has 0 fully saturated rings. The molecule has 0 aliphatic carbocycles. The number of rotatable bonds is 4. The van der Waals surface area contributed by atoms with Gasteiger partial charge in [-0.2, -0.15) is 0 Å². The molecule has 0 saturated heterocycles. The second kappa shape index (κ2) is 6.90. The maximum Gasteiger partial charge on any atom is 0.243 e. The van der Waals surface area contributed by atoms with Crippen LogP contribution in [0, 0.1) is 9.39 Å². The third-order valence-corrected chi connectivity index (χ3v) is 3.74. The van der Waals surface area contributed by atoms with Gasteiger partial charge in [-0.25, -0.2) is 4.39 Å². The molecule has 2 aromatic rings. The average molecular weight is 405 g/mol. The number of hydrogen-bond donors (Lipinski definition) is 2. The first-order valence-electron chi connectivity index (χ1n) is 5.79. The summed E-state index contributed by atoms with van der Waals surface area (Å²) in [5, 5.41) is 6.14. The van der Waals surface area contributed by atoms with Crippen molar-refractivity contribution in [2.45, 2.75) is 0 Å². The third kappa shape index (κ3) is 4.08. The lowest BCUT2D eigenvalue weighted by molar-refractivity contribution is -0.114. The first-order chi connectivity index (χ1) is 9.56. The summed E-state index contributed by atoms with van der Waals surface area (Å²) in [6, 6.07) is 11.3. The Hall–Kier alpha value is -1.34. The van der Waals surface area contributed by atoms with Crippen molar-refractivity contribution < 1.29 is 9.18 Å². The van der Waals surface area contributed by atoms with Crippen molar-refractivity contribution in [2.24, 2.45) is 0 Å². The van der Waals surface area contributed by atoms with Crippen LogP contribution in [0.3, 0.4) is 0 Å². The Bertz CT molecular complexity index is 636. The first-order valence-corrected chi connectivity index (χ1v) is 7.25. The molecule has 0 aliphatic heterocycles. The predicted molar refractivity (Wildman–Crippen MR) is 87.7 cm³/mol. The summed E-state index contributed by atoms with van der Waals surface area (Å²) < 4.78 is 13.7. The lowest BCUT2D eigenvalue weighted by Gasteiger charge is -2.10. The van der Waals surface area contributed by atoms with E-state index in [1.54, 1.807) is 30.3 Å². The van der Waals surface area contributed by atoms with Gasteiger partial charge in [-0.1, -0.05) is 23.7 Å². The fourth-order valence-electron chi connectivity index (χ4n) is 1.57. The number of carbonyl (C=O) groups excluding carboxylic acids is 1. The Morgan fingerprint density at radius 2 is 1.95 bits per heavy atom. The van der Waals surface area contributed by atoms with Crippen molar-refractivity contribution in [3.63, 3.8) is 0 Å². The van der Waals surface area contributed by atoms with E-state index in [9.17, 15) is 9.18 Å². The van der Waals surface area contributed by atoms with Crippen LogP contribution in [0.25, 0.3) is 0 Å². The van der Waals surface area contributed by atoms with Crippen LogP contribution in [-0.2, 0) is 4.79 Å². The second-order valence-corrected chi connectivity index (χ2v) is 5.58. The molecule has 0 unspecified atom stereocenters. The van der Waals surface area contributed by atoms with Crippen LogP contribution in [0.4, 0.5) is 15.8 Å². The number of amides is 1. The maximum absolute atomic E-state index is 13.0. The number of anilines is 2. The molecule has 0 radical (unpaired) electrons. The highest BCUT2D eigenvalue weighted by Gasteiger charge is 2.06. The normalized spacial score (nSPS) is 10.2. The van der Waals surface area contributed by atoms with Gasteiger partial charge in [0.15, 0.2) is 0 Å². The van der Waals surface area contributed by atoms with E-state index in [-0.39, 0.29) is 18.3 Å². The van der Waals surface area contributed by atoms with E-state index >= 15 is 0 Å². The maximum atomic E-state index is 13.0. The number of benzene rings is 2. The lowest BCUT2D eigenvalue weighted by atomic mass is 10.3. The van der Waals surface area contributed by atoms with Crippen LogP contribution in [0.15, 0.2) is 42.5 Å². The average Bonchev–Trinajstić information content (AvgIpc) is 2.40. The van der Waals surface area contributed by atoms with Gasteiger partial charge in [0, 0.05) is 9.26 Å². The van der Waals surface area contributed by atoms with Crippen LogP contribution < -0.4 is 10.6 Å². The fraction of sp³-hybridized carbons (Fsp3) is 0.0714. The van der Waals surface area contributed by atoms with E-state index in [1.807, 2.05) is 22.6 Å². The van der Waals surface area contributed by atoms with Gasteiger partial charge in [0.2, 0.25) is 5.91 Å². The predicted octanol–water partition coefficient (Wildman–Crippen LogP) is 4.13. The van der Waals surface area contributed by atoms with Crippen molar-refractivity contribution in [3.05, 3.63) is 56.9 Å². The van der Waals surface area contributed by atoms with Crippen LogP contribution in [0.2, 0.25) is 5.02 Å². The number of carbonyl (C=O) groups is 1. The first kappa shape index (κ1) is 15.1. The summed E-state index contributed by atoms with van der Waals surface area (Å²) in [5.74, 6) is -0.529. The third-order valence-electron chi connectivity index (χ3n) is 2.52. The molecular formula is C14H11ClFIN2O. The molecule has 1 amide bonds. The number of hydrogen-bond acceptors (Lipinski definition) is 2. The zero-order valence-electron chi connectivity index (χ0n) is 10.3. The molecule has 2 N–H and O–H groups in total. The fourth-order valence-corrected chi connectivity index (χ4v) is 2.42. The van der Waals surface area contributed by atoms with Gasteiger partial charge in [-0.3, -0.25) is 4.79 Å². The van der Waals surface area contributed by atoms with E-state index in [1.165, 1.54) is 12.1 Å². The van der Waals surface area contributed by atoms with Gasteiger partial charge in [-0.05, 0) is 52.9 Å². The van der Waals surface area contributed by atoms with Crippen molar-refractivity contribution in [1.29, 1.82) is 0 Å². The Morgan fingerprint density at radius 1 is 1.20 bits per heavy atom. The van der Waals surface area contributed by atoms with E-state index < -0.39 is 0 Å². The van der Waals surface area contributed by atoms with Crippen LogP contribution in [-0.4, -0.2) is 12.5 Å². The highest BCUT2D eigenvalue weighted by atomic mass is 127. The molecule has 3 nitrogen and oxygen atoms in total. The Kier molecular flexibility index (Phi) is 5.19. The molecule has 0 aromatic heterocycles. The monoisotopic (exact) mass is 404 g/mol. The summed E-state index contributed by atoms with van der Waals surface area (Å²) in [7, 11) is 0. The number of nitrogens with one attached hydrogen (secondary N) is 2.